The van der Waals surface area contributed by atoms with E-state index in [4.69, 9.17) is 0 Å². The van der Waals surface area contributed by atoms with Gasteiger partial charge in [-0.15, -0.1) is 18.5 Å². The van der Waals surface area contributed by atoms with E-state index in [0.717, 1.165) is 17.5 Å². The van der Waals surface area contributed by atoms with E-state index in [1.165, 1.54) is 44.7 Å². The molecular weight excluding hydrogens is 194 g/mol. The first kappa shape index (κ1) is 11.9. The fraction of sp³-hybridized carbons (Fsp3) is 1.00. The SMILES string of the molecule is CCC(CP)CCC1CCCC1P. The van der Waals surface area contributed by atoms with E-state index < -0.39 is 0 Å². The largest absolute Gasteiger partial charge is 0.137 e. The van der Waals surface area contributed by atoms with Gasteiger partial charge in [-0.25, -0.2) is 0 Å². The van der Waals surface area contributed by atoms with Gasteiger partial charge in [0.05, 0.1) is 0 Å². The van der Waals surface area contributed by atoms with Crippen LogP contribution in [0.15, 0.2) is 0 Å². The van der Waals surface area contributed by atoms with Crippen molar-refractivity contribution in [3.8, 4) is 0 Å². The van der Waals surface area contributed by atoms with Crippen LogP contribution in [0.5, 0.6) is 0 Å². The minimum absolute atomic E-state index is 0.932. The van der Waals surface area contributed by atoms with E-state index in [9.17, 15) is 0 Å². The standard InChI is InChI=1S/C11H24P2/c1-2-9(8-12)6-7-10-4-3-5-11(10)13/h9-11H,2-8,12-13H2,1H3. The molecule has 0 aliphatic heterocycles. The van der Waals surface area contributed by atoms with Gasteiger partial charge in [-0.1, -0.05) is 19.8 Å². The van der Waals surface area contributed by atoms with Gasteiger partial charge in [0.1, 0.15) is 0 Å². The molecular formula is C11H24P2. The molecule has 5 atom stereocenters. The summed E-state index contributed by atoms with van der Waals surface area (Å²) in [5, 5.41) is 0. The van der Waals surface area contributed by atoms with Gasteiger partial charge in [0, 0.05) is 0 Å². The third-order valence-electron chi connectivity index (χ3n) is 3.57. The van der Waals surface area contributed by atoms with Gasteiger partial charge in [0.2, 0.25) is 0 Å². The smallest absolute Gasteiger partial charge is 0.0236 e. The van der Waals surface area contributed by atoms with Crippen molar-refractivity contribution in [2.24, 2.45) is 11.8 Å². The second kappa shape index (κ2) is 6.36. The van der Waals surface area contributed by atoms with E-state index in [1.807, 2.05) is 0 Å². The lowest BCUT2D eigenvalue weighted by Gasteiger charge is -2.18. The molecule has 1 aliphatic rings. The summed E-state index contributed by atoms with van der Waals surface area (Å²) in [5.74, 6) is 1.98. The van der Waals surface area contributed by atoms with Crippen molar-refractivity contribution in [3.63, 3.8) is 0 Å². The molecule has 0 radical (unpaired) electrons. The lowest BCUT2D eigenvalue weighted by atomic mass is 9.94. The van der Waals surface area contributed by atoms with Crippen LogP contribution in [0.3, 0.4) is 0 Å². The molecule has 0 heterocycles. The van der Waals surface area contributed by atoms with Crippen LogP contribution in [-0.2, 0) is 0 Å². The second-order valence-electron chi connectivity index (χ2n) is 4.44. The zero-order chi connectivity index (χ0) is 9.68. The molecule has 2 heteroatoms. The lowest BCUT2D eigenvalue weighted by molar-refractivity contribution is 0.417. The van der Waals surface area contributed by atoms with Crippen molar-refractivity contribution in [2.45, 2.75) is 51.1 Å². The molecule has 0 nitrogen and oxygen atoms in total. The molecule has 1 aliphatic carbocycles. The molecule has 0 aromatic rings. The summed E-state index contributed by atoms with van der Waals surface area (Å²) in [7, 11) is 5.94. The lowest BCUT2D eigenvalue weighted by Crippen LogP contribution is -2.09. The average Bonchev–Trinajstić information content (AvgIpc) is 2.54. The third kappa shape index (κ3) is 3.85. The van der Waals surface area contributed by atoms with Gasteiger partial charge in [0.25, 0.3) is 0 Å². The van der Waals surface area contributed by atoms with E-state index in [1.54, 1.807) is 0 Å². The summed E-state index contributed by atoms with van der Waals surface area (Å²) in [6.45, 7) is 2.32. The molecule has 0 spiro atoms. The van der Waals surface area contributed by atoms with Crippen LogP contribution in [-0.4, -0.2) is 11.8 Å². The van der Waals surface area contributed by atoms with Gasteiger partial charge >= 0.3 is 0 Å². The van der Waals surface area contributed by atoms with Gasteiger partial charge in [-0.3, -0.25) is 0 Å². The van der Waals surface area contributed by atoms with Crippen LogP contribution >= 0.6 is 18.5 Å². The summed E-state index contributed by atoms with van der Waals surface area (Å²) in [6, 6.07) is 0. The van der Waals surface area contributed by atoms with Gasteiger partial charge in [0.15, 0.2) is 0 Å². The minimum Gasteiger partial charge on any atom is -0.137 e. The van der Waals surface area contributed by atoms with E-state index in [0.29, 0.717) is 0 Å². The summed E-state index contributed by atoms with van der Waals surface area (Å²) in [5.41, 5.74) is 0.932. The summed E-state index contributed by atoms with van der Waals surface area (Å²) < 4.78 is 0. The highest BCUT2D eigenvalue weighted by atomic mass is 31.0. The van der Waals surface area contributed by atoms with Crippen LogP contribution in [0.25, 0.3) is 0 Å². The maximum atomic E-state index is 3.04. The topological polar surface area (TPSA) is 0 Å². The summed E-state index contributed by atoms with van der Waals surface area (Å²) in [4.78, 5) is 0. The van der Waals surface area contributed by atoms with Crippen LogP contribution in [0.4, 0.5) is 0 Å². The van der Waals surface area contributed by atoms with Crippen molar-refractivity contribution in [1.29, 1.82) is 0 Å². The third-order valence-corrected chi connectivity index (χ3v) is 5.12. The van der Waals surface area contributed by atoms with Crippen molar-refractivity contribution in [3.05, 3.63) is 0 Å². The van der Waals surface area contributed by atoms with E-state index >= 15 is 0 Å². The Morgan fingerprint density at radius 2 is 2.15 bits per heavy atom. The molecule has 5 unspecified atom stereocenters. The Hall–Kier alpha value is 0.860. The Kier molecular flexibility index (Phi) is 5.84. The molecule has 78 valence electrons. The highest BCUT2D eigenvalue weighted by Crippen LogP contribution is 2.35. The maximum Gasteiger partial charge on any atom is -0.0236 e. The Morgan fingerprint density at radius 3 is 2.62 bits per heavy atom. The first-order chi connectivity index (χ1) is 6.27. The molecule has 0 amide bonds. The predicted molar refractivity (Wildman–Crippen MR) is 68.4 cm³/mol. The van der Waals surface area contributed by atoms with Crippen LogP contribution in [0, 0.1) is 11.8 Å². The van der Waals surface area contributed by atoms with E-state index in [-0.39, 0.29) is 0 Å². The monoisotopic (exact) mass is 218 g/mol. The van der Waals surface area contributed by atoms with Crippen molar-refractivity contribution < 1.29 is 0 Å². The maximum absolute atomic E-state index is 3.04. The van der Waals surface area contributed by atoms with Gasteiger partial charge in [-0.05, 0) is 49.3 Å². The van der Waals surface area contributed by atoms with Crippen LogP contribution in [0.1, 0.15) is 45.4 Å². The summed E-state index contributed by atoms with van der Waals surface area (Å²) in [6.07, 6.45) is 9.99. The quantitative estimate of drug-likeness (QED) is 0.617. The molecule has 0 aromatic heterocycles. The molecule has 0 bridgehead atoms. The zero-order valence-corrected chi connectivity index (χ0v) is 11.1. The number of hydrogen-bond donors (Lipinski definition) is 0. The van der Waals surface area contributed by atoms with Crippen molar-refractivity contribution in [1.82, 2.24) is 0 Å². The fourth-order valence-electron chi connectivity index (χ4n) is 2.36. The highest BCUT2D eigenvalue weighted by Gasteiger charge is 2.23. The first-order valence-corrected chi connectivity index (χ1v) is 7.21. The number of rotatable bonds is 5. The molecule has 13 heavy (non-hydrogen) atoms. The predicted octanol–water partition coefficient (Wildman–Crippen LogP) is 3.71. The molecule has 0 aromatic carbocycles. The van der Waals surface area contributed by atoms with Crippen molar-refractivity contribution in [2.75, 3.05) is 6.16 Å². The Morgan fingerprint density at radius 1 is 1.38 bits per heavy atom. The molecule has 0 saturated heterocycles. The normalized spacial score (nSPS) is 30.7. The average molecular weight is 218 g/mol. The Bertz CT molecular complexity index is 132. The van der Waals surface area contributed by atoms with Gasteiger partial charge in [-0.2, -0.15) is 0 Å². The second-order valence-corrected chi connectivity index (χ2v) is 5.77. The van der Waals surface area contributed by atoms with Crippen LogP contribution < -0.4 is 0 Å². The molecule has 0 N–H and O–H groups in total. The minimum atomic E-state index is 0.932. The van der Waals surface area contributed by atoms with Crippen molar-refractivity contribution >= 4 is 18.5 Å². The van der Waals surface area contributed by atoms with E-state index in [2.05, 4.69) is 25.4 Å². The Balaban J connectivity index is 2.17. The fourth-order valence-corrected chi connectivity index (χ4v) is 3.55. The first-order valence-electron chi connectivity index (χ1n) is 5.73. The van der Waals surface area contributed by atoms with Crippen LogP contribution in [0.2, 0.25) is 0 Å². The number of hydrogen-bond acceptors (Lipinski definition) is 0. The Labute approximate surface area is 88.0 Å². The summed E-state index contributed by atoms with van der Waals surface area (Å²) >= 11 is 0. The van der Waals surface area contributed by atoms with Gasteiger partial charge < -0.3 is 0 Å². The highest BCUT2D eigenvalue weighted by molar-refractivity contribution is 7.17. The molecule has 1 rings (SSSR count). The molecule has 1 saturated carbocycles. The zero-order valence-electron chi connectivity index (χ0n) is 8.84. The molecule has 1 fully saturated rings.